The van der Waals surface area contributed by atoms with Gasteiger partial charge in [-0.15, -0.1) is 11.8 Å². The number of thioether (sulfide) groups is 1. The van der Waals surface area contributed by atoms with E-state index >= 15 is 0 Å². The molecule has 0 saturated heterocycles. The standard InChI is InChI=1S/C10H16OS/c1-2-5-9(4-1)11-8-10-6-3-7-12-10/h3,7,9-10H,1-2,4-6,8H2. The highest BCUT2D eigenvalue weighted by Crippen LogP contribution is 2.26. The summed E-state index contributed by atoms with van der Waals surface area (Å²) in [5, 5.41) is 2.91. The monoisotopic (exact) mass is 184 g/mol. The van der Waals surface area contributed by atoms with E-state index in [1.807, 2.05) is 11.8 Å². The van der Waals surface area contributed by atoms with Crippen LogP contribution in [0.1, 0.15) is 32.1 Å². The molecular weight excluding hydrogens is 168 g/mol. The maximum atomic E-state index is 5.83. The first-order valence-electron chi connectivity index (χ1n) is 4.87. The summed E-state index contributed by atoms with van der Waals surface area (Å²) in [5.74, 6) is 0. The van der Waals surface area contributed by atoms with Gasteiger partial charge in [-0.05, 0) is 24.7 Å². The lowest BCUT2D eigenvalue weighted by Crippen LogP contribution is -2.15. The van der Waals surface area contributed by atoms with Gasteiger partial charge in [0.2, 0.25) is 0 Å². The molecule has 1 unspecified atom stereocenters. The summed E-state index contributed by atoms with van der Waals surface area (Å²) in [6.45, 7) is 0.961. The van der Waals surface area contributed by atoms with Crippen molar-refractivity contribution in [1.82, 2.24) is 0 Å². The molecule has 0 amide bonds. The molecule has 1 fully saturated rings. The highest BCUT2D eigenvalue weighted by Gasteiger charge is 2.18. The molecule has 0 spiro atoms. The molecule has 1 aliphatic carbocycles. The Labute approximate surface area is 78.6 Å². The Bertz CT molecular complexity index is 151. The van der Waals surface area contributed by atoms with Gasteiger partial charge >= 0.3 is 0 Å². The first-order chi connectivity index (χ1) is 5.95. The van der Waals surface area contributed by atoms with Gasteiger partial charge in [-0.25, -0.2) is 0 Å². The van der Waals surface area contributed by atoms with Crippen LogP contribution in [0.2, 0.25) is 0 Å². The van der Waals surface area contributed by atoms with Crippen LogP contribution in [-0.2, 0) is 4.74 Å². The summed E-state index contributed by atoms with van der Waals surface area (Å²) in [6, 6.07) is 0. The molecule has 1 heterocycles. The molecule has 68 valence electrons. The van der Waals surface area contributed by atoms with Crippen molar-refractivity contribution in [2.75, 3.05) is 6.61 Å². The molecule has 0 aromatic heterocycles. The van der Waals surface area contributed by atoms with E-state index in [-0.39, 0.29) is 0 Å². The van der Waals surface area contributed by atoms with Crippen molar-refractivity contribution < 1.29 is 4.74 Å². The van der Waals surface area contributed by atoms with Crippen LogP contribution in [0.3, 0.4) is 0 Å². The molecule has 1 nitrogen and oxygen atoms in total. The van der Waals surface area contributed by atoms with Gasteiger partial charge in [0.15, 0.2) is 0 Å². The molecule has 1 atom stereocenters. The molecule has 0 radical (unpaired) electrons. The van der Waals surface area contributed by atoms with Crippen LogP contribution in [-0.4, -0.2) is 18.0 Å². The summed E-state index contributed by atoms with van der Waals surface area (Å²) in [5.41, 5.74) is 0. The fourth-order valence-corrected chi connectivity index (χ4v) is 2.66. The van der Waals surface area contributed by atoms with Gasteiger partial charge in [-0.1, -0.05) is 18.9 Å². The molecule has 1 aliphatic heterocycles. The summed E-state index contributed by atoms with van der Waals surface area (Å²) >= 11 is 1.92. The van der Waals surface area contributed by atoms with Crippen molar-refractivity contribution >= 4 is 11.8 Å². The Kier molecular flexibility index (Phi) is 3.12. The van der Waals surface area contributed by atoms with E-state index in [9.17, 15) is 0 Å². The molecule has 0 aromatic carbocycles. The van der Waals surface area contributed by atoms with Gasteiger partial charge in [0.05, 0.1) is 12.7 Å². The number of rotatable bonds is 3. The second kappa shape index (κ2) is 4.33. The number of allylic oxidation sites excluding steroid dienone is 1. The van der Waals surface area contributed by atoms with Crippen LogP contribution in [0.25, 0.3) is 0 Å². The highest BCUT2D eigenvalue weighted by atomic mass is 32.2. The molecular formula is C10H16OS. The SMILES string of the molecule is C1=CSC(COC2CCCC2)C1. The van der Waals surface area contributed by atoms with E-state index in [2.05, 4.69) is 11.5 Å². The average molecular weight is 184 g/mol. The summed E-state index contributed by atoms with van der Waals surface area (Å²) < 4.78 is 5.83. The molecule has 12 heavy (non-hydrogen) atoms. The Morgan fingerprint density at radius 1 is 1.33 bits per heavy atom. The fourth-order valence-electron chi connectivity index (χ4n) is 1.84. The predicted molar refractivity (Wildman–Crippen MR) is 53.3 cm³/mol. The van der Waals surface area contributed by atoms with E-state index in [1.165, 1.54) is 32.1 Å². The molecule has 0 bridgehead atoms. The smallest absolute Gasteiger partial charge is 0.0595 e. The maximum absolute atomic E-state index is 5.83. The lowest BCUT2D eigenvalue weighted by molar-refractivity contribution is 0.0600. The Hall–Kier alpha value is 0.0500. The largest absolute Gasteiger partial charge is 0.377 e. The summed E-state index contributed by atoms with van der Waals surface area (Å²) in [6.07, 6.45) is 9.38. The highest BCUT2D eigenvalue weighted by molar-refractivity contribution is 8.03. The van der Waals surface area contributed by atoms with E-state index in [1.54, 1.807) is 0 Å². The van der Waals surface area contributed by atoms with Crippen LogP contribution in [0, 0.1) is 0 Å². The summed E-state index contributed by atoms with van der Waals surface area (Å²) in [4.78, 5) is 0. The van der Waals surface area contributed by atoms with E-state index in [4.69, 9.17) is 4.74 Å². The zero-order chi connectivity index (χ0) is 8.23. The first kappa shape index (κ1) is 8.64. The molecule has 0 aromatic rings. The van der Waals surface area contributed by atoms with Gasteiger partial charge in [0.25, 0.3) is 0 Å². The Morgan fingerprint density at radius 3 is 2.83 bits per heavy atom. The third-order valence-corrected chi connectivity index (χ3v) is 3.65. The molecule has 0 N–H and O–H groups in total. The van der Waals surface area contributed by atoms with Crippen LogP contribution in [0.15, 0.2) is 11.5 Å². The normalized spacial score (nSPS) is 30.2. The summed E-state index contributed by atoms with van der Waals surface area (Å²) in [7, 11) is 0. The Morgan fingerprint density at radius 2 is 2.17 bits per heavy atom. The number of ether oxygens (including phenoxy) is 1. The number of hydrogen-bond acceptors (Lipinski definition) is 2. The molecule has 1 saturated carbocycles. The quantitative estimate of drug-likeness (QED) is 0.667. The van der Waals surface area contributed by atoms with E-state index in [0.29, 0.717) is 11.4 Å². The van der Waals surface area contributed by atoms with E-state index < -0.39 is 0 Å². The van der Waals surface area contributed by atoms with Crippen LogP contribution < -0.4 is 0 Å². The minimum Gasteiger partial charge on any atom is -0.377 e. The third-order valence-electron chi connectivity index (χ3n) is 2.59. The third kappa shape index (κ3) is 2.27. The second-order valence-electron chi connectivity index (χ2n) is 3.61. The zero-order valence-corrected chi connectivity index (χ0v) is 8.19. The minimum atomic E-state index is 0.589. The molecule has 2 aliphatic rings. The van der Waals surface area contributed by atoms with Gasteiger partial charge in [-0.2, -0.15) is 0 Å². The Balaban J connectivity index is 1.61. The van der Waals surface area contributed by atoms with Crippen molar-refractivity contribution in [1.29, 1.82) is 0 Å². The molecule has 2 rings (SSSR count). The minimum absolute atomic E-state index is 0.589. The predicted octanol–water partition coefficient (Wildman–Crippen LogP) is 2.96. The second-order valence-corrected chi connectivity index (χ2v) is 4.82. The van der Waals surface area contributed by atoms with Gasteiger partial charge in [0.1, 0.15) is 0 Å². The van der Waals surface area contributed by atoms with Crippen molar-refractivity contribution in [3.05, 3.63) is 11.5 Å². The van der Waals surface area contributed by atoms with Crippen LogP contribution in [0.4, 0.5) is 0 Å². The van der Waals surface area contributed by atoms with Crippen molar-refractivity contribution in [3.8, 4) is 0 Å². The van der Waals surface area contributed by atoms with Crippen LogP contribution in [0.5, 0.6) is 0 Å². The topological polar surface area (TPSA) is 9.23 Å². The van der Waals surface area contributed by atoms with Crippen molar-refractivity contribution in [3.63, 3.8) is 0 Å². The van der Waals surface area contributed by atoms with Gasteiger partial charge in [-0.3, -0.25) is 0 Å². The fraction of sp³-hybridized carbons (Fsp3) is 0.800. The number of hydrogen-bond donors (Lipinski definition) is 0. The van der Waals surface area contributed by atoms with Crippen molar-refractivity contribution in [2.45, 2.75) is 43.5 Å². The lowest BCUT2D eigenvalue weighted by Gasteiger charge is -2.14. The zero-order valence-electron chi connectivity index (χ0n) is 7.37. The lowest BCUT2D eigenvalue weighted by atomic mass is 10.3. The maximum Gasteiger partial charge on any atom is 0.0595 e. The molecule has 2 heteroatoms. The van der Waals surface area contributed by atoms with Gasteiger partial charge < -0.3 is 4.74 Å². The van der Waals surface area contributed by atoms with Gasteiger partial charge in [0, 0.05) is 5.25 Å². The van der Waals surface area contributed by atoms with Crippen molar-refractivity contribution in [2.24, 2.45) is 0 Å². The average Bonchev–Trinajstić information content (AvgIpc) is 2.74. The van der Waals surface area contributed by atoms with E-state index in [0.717, 1.165) is 6.61 Å². The first-order valence-corrected chi connectivity index (χ1v) is 5.81. The van der Waals surface area contributed by atoms with Crippen LogP contribution >= 0.6 is 11.8 Å².